The normalized spacial score (nSPS) is 15.8. The van der Waals surface area contributed by atoms with Gasteiger partial charge in [0, 0.05) is 35.8 Å². The molecule has 0 unspecified atom stereocenters. The number of likely N-dealkylation sites (tertiary alicyclic amines) is 1. The number of carbonyl (C=O) groups excluding carboxylic acids is 1. The number of rotatable bonds is 3. The molecule has 1 aromatic carbocycles. The number of hydrogen-bond donors (Lipinski definition) is 1. The van der Waals surface area contributed by atoms with Gasteiger partial charge in [-0.25, -0.2) is 0 Å². The van der Waals surface area contributed by atoms with Crippen LogP contribution in [0.3, 0.4) is 0 Å². The molecule has 0 spiro atoms. The predicted octanol–water partition coefficient (Wildman–Crippen LogP) is 2.15. The summed E-state index contributed by atoms with van der Waals surface area (Å²) in [7, 11) is 0. The fourth-order valence-electron chi connectivity index (χ4n) is 2.97. The molecule has 1 N–H and O–H groups in total. The van der Waals surface area contributed by atoms with Crippen LogP contribution in [0.5, 0.6) is 0 Å². The first-order valence-electron chi connectivity index (χ1n) is 7.25. The van der Waals surface area contributed by atoms with E-state index in [1.807, 2.05) is 39.9 Å². The highest BCUT2D eigenvalue weighted by atomic mass is 16.3. The van der Waals surface area contributed by atoms with E-state index in [1.165, 1.54) is 6.42 Å². The molecule has 20 heavy (non-hydrogen) atoms. The summed E-state index contributed by atoms with van der Waals surface area (Å²) >= 11 is 0. The average molecular weight is 272 g/mol. The van der Waals surface area contributed by atoms with E-state index in [-0.39, 0.29) is 12.5 Å². The molecule has 2 heterocycles. The minimum Gasteiger partial charge on any atom is -0.392 e. The van der Waals surface area contributed by atoms with Crippen LogP contribution in [0.15, 0.2) is 30.5 Å². The van der Waals surface area contributed by atoms with Crippen molar-refractivity contribution in [1.29, 1.82) is 0 Å². The first-order chi connectivity index (χ1) is 9.79. The summed E-state index contributed by atoms with van der Waals surface area (Å²) < 4.78 is 1.96. The Morgan fingerprint density at radius 2 is 1.90 bits per heavy atom. The van der Waals surface area contributed by atoms with E-state index in [0.29, 0.717) is 6.54 Å². The van der Waals surface area contributed by atoms with Crippen molar-refractivity contribution in [1.82, 2.24) is 9.47 Å². The molecule has 0 aliphatic carbocycles. The van der Waals surface area contributed by atoms with Crippen molar-refractivity contribution in [2.24, 2.45) is 0 Å². The lowest BCUT2D eigenvalue weighted by atomic mass is 10.1. The number of para-hydroxylation sites is 1. The zero-order valence-corrected chi connectivity index (χ0v) is 11.6. The summed E-state index contributed by atoms with van der Waals surface area (Å²) in [6.45, 7) is 2.13. The number of nitrogens with zero attached hydrogens (tertiary/aromatic N) is 2. The van der Waals surface area contributed by atoms with Crippen molar-refractivity contribution in [2.45, 2.75) is 32.4 Å². The number of piperidine rings is 1. The molecule has 1 saturated heterocycles. The molecule has 0 bridgehead atoms. The zero-order valence-electron chi connectivity index (χ0n) is 11.6. The summed E-state index contributed by atoms with van der Waals surface area (Å²) in [5.74, 6) is 0.176. The van der Waals surface area contributed by atoms with Crippen LogP contribution in [0.1, 0.15) is 24.8 Å². The highest BCUT2D eigenvalue weighted by Crippen LogP contribution is 2.21. The maximum absolute atomic E-state index is 12.4. The molecular formula is C16H20N2O2. The van der Waals surface area contributed by atoms with Crippen molar-refractivity contribution in [3.8, 4) is 0 Å². The first-order valence-corrected chi connectivity index (χ1v) is 7.25. The minimum atomic E-state index is 0.00538. The number of aliphatic hydroxyl groups excluding tert-OH is 1. The quantitative estimate of drug-likeness (QED) is 0.930. The number of hydrogen-bond acceptors (Lipinski definition) is 2. The van der Waals surface area contributed by atoms with Crippen LogP contribution in [0.25, 0.3) is 10.9 Å². The van der Waals surface area contributed by atoms with E-state index >= 15 is 0 Å². The zero-order chi connectivity index (χ0) is 13.9. The van der Waals surface area contributed by atoms with Gasteiger partial charge >= 0.3 is 0 Å². The Hall–Kier alpha value is -1.81. The Morgan fingerprint density at radius 3 is 2.65 bits per heavy atom. The maximum Gasteiger partial charge on any atom is 0.242 e. The molecule has 0 radical (unpaired) electrons. The molecule has 1 aliphatic heterocycles. The average Bonchev–Trinajstić information content (AvgIpc) is 2.86. The number of aliphatic hydroxyl groups is 1. The topological polar surface area (TPSA) is 45.5 Å². The Bertz CT molecular complexity index is 612. The maximum atomic E-state index is 12.4. The van der Waals surface area contributed by atoms with Crippen LogP contribution >= 0.6 is 0 Å². The number of fused-ring (bicyclic) bond motifs is 1. The summed E-state index contributed by atoms with van der Waals surface area (Å²) in [6, 6.07) is 7.91. The van der Waals surface area contributed by atoms with Crippen LogP contribution in [0.4, 0.5) is 0 Å². The van der Waals surface area contributed by atoms with E-state index in [4.69, 9.17) is 0 Å². The number of aromatic nitrogens is 1. The summed E-state index contributed by atoms with van der Waals surface area (Å²) in [6.07, 6.45) is 5.34. The lowest BCUT2D eigenvalue weighted by Crippen LogP contribution is -2.37. The Labute approximate surface area is 118 Å². The Kier molecular flexibility index (Phi) is 3.74. The van der Waals surface area contributed by atoms with Gasteiger partial charge in [0.1, 0.15) is 6.54 Å². The summed E-state index contributed by atoms with van der Waals surface area (Å²) in [5.41, 5.74) is 1.90. The fourth-order valence-corrected chi connectivity index (χ4v) is 2.97. The predicted molar refractivity (Wildman–Crippen MR) is 78.3 cm³/mol. The smallest absolute Gasteiger partial charge is 0.242 e. The third-order valence-corrected chi connectivity index (χ3v) is 4.06. The van der Waals surface area contributed by atoms with Crippen LogP contribution in [0, 0.1) is 0 Å². The summed E-state index contributed by atoms with van der Waals surface area (Å²) in [4.78, 5) is 14.3. The van der Waals surface area contributed by atoms with Gasteiger partial charge < -0.3 is 14.6 Å². The van der Waals surface area contributed by atoms with Crippen molar-refractivity contribution in [2.75, 3.05) is 13.1 Å². The largest absolute Gasteiger partial charge is 0.392 e. The highest BCUT2D eigenvalue weighted by Gasteiger charge is 2.18. The first kappa shape index (κ1) is 13.2. The monoisotopic (exact) mass is 272 g/mol. The van der Waals surface area contributed by atoms with Crippen LogP contribution in [-0.2, 0) is 17.9 Å². The van der Waals surface area contributed by atoms with E-state index in [1.54, 1.807) is 0 Å². The fraction of sp³-hybridized carbons (Fsp3) is 0.438. The van der Waals surface area contributed by atoms with E-state index in [2.05, 4.69) is 0 Å². The third kappa shape index (κ3) is 2.43. The van der Waals surface area contributed by atoms with Crippen molar-refractivity contribution < 1.29 is 9.90 Å². The molecule has 1 aliphatic rings. The van der Waals surface area contributed by atoms with Crippen molar-refractivity contribution >= 4 is 16.8 Å². The number of carbonyl (C=O) groups is 1. The second-order valence-electron chi connectivity index (χ2n) is 5.40. The van der Waals surface area contributed by atoms with Crippen LogP contribution in [-0.4, -0.2) is 33.6 Å². The molecule has 106 valence electrons. The van der Waals surface area contributed by atoms with Crippen molar-refractivity contribution in [3.63, 3.8) is 0 Å². The second-order valence-corrected chi connectivity index (χ2v) is 5.40. The lowest BCUT2D eigenvalue weighted by molar-refractivity contribution is -0.132. The molecule has 2 aromatic rings. The molecular weight excluding hydrogens is 252 g/mol. The standard InChI is InChI=1S/C16H20N2O2/c19-12-13-10-18(15-7-3-2-6-14(13)15)11-16(20)17-8-4-1-5-9-17/h2-3,6-7,10,19H,1,4-5,8-9,11-12H2. The van der Waals surface area contributed by atoms with Gasteiger partial charge in [0.25, 0.3) is 0 Å². The van der Waals surface area contributed by atoms with Gasteiger partial charge in [0.05, 0.1) is 6.61 Å². The van der Waals surface area contributed by atoms with Gasteiger partial charge in [-0.2, -0.15) is 0 Å². The van der Waals surface area contributed by atoms with Gasteiger partial charge in [-0.1, -0.05) is 18.2 Å². The number of amides is 1. The molecule has 1 amide bonds. The summed E-state index contributed by atoms with van der Waals surface area (Å²) in [5, 5.41) is 10.5. The number of benzene rings is 1. The van der Waals surface area contributed by atoms with E-state index in [0.717, 1.165) is 42.4 Å². The SMILES string of the molecule is O=C(Cn1cc(CO)c2ccccc21)N1CCCCC1. The van der Waals surface area contributed by atoms with Crippen LogP contribution < -0.4 is 0 Å². The third-order valence-electron chi connectivity index (χ3n) is 4.06. The molecule has 4 heteroatoms. The molecule has 1 aromatic heterocycles. The molecule has 0 atom stereocenters. The van der Waals surface area contributed by atoms with Crippen LogP contribution in [0.2, 0.25) is 0 Å². The lowest BCUT2D eigenvalue weighted by Gasteiger charge is -2.27. The van der Waals surface area contributed by atoms with Gasteiger partial charge in [0.2, 0.25) is 5.91 Å². The van der Waals surface area contributed by atoms with Gasteiger partial charge in [-0.3, -0.25) is 4.79 Å². The second kappa shape index (κ2) is 5.67. The molecule has 4 nitrogen and oxygen atoms in total. The van der Waals surface area contributed by atoms with E-state index < -0.39 is 0 Å². The Morgan fingerprint density at radius 1 is 1.15 bits per heavy atom. The van der Waals surface area contributed by atoms with Gasteiger partial charge in [-0.15, -0.1) is 0 Å². The Balaban J connectivity index is 1.85. The molecule has 3 rings (SSSR count). The van der Waals surface area contributed by atoms with Crippen molar-refractivity contribution in [3.05, 3.63) is 36.0 Å². The minimum absolute atomic E-state index is 0.00538. The molecule has 0 saturated carbocycles. The van der Waals surface area contributed by atoms with Gasteiger partial charge in [-0.05, 0) is 25.3 Å². The molecule has 1 fully saturated rings. The van der Waals surface area contributed by atoms with Gasteiger partial charge in [0.15, 0.2) is 0 Å². The highest BCUT2D eigenvalue weighted by molar-refractivity contribution is 5.86. The van der Waals surface area contributed by atoms with E-state index in [9.17, 15) is 9.90 Å².